The summed E-state index contributed by atoms with van der Waals surface area (Å²) in [7, 11) is 0. The van der Waals surface area contributed by atoms with Crippen molar-refractivity contribution in [3.63, 3.8) is 0 Å². The number of carbonyl (C=O) groups excluding carboxylic acids is 1. The average Bonchev–Trinajstić information content (AvgIpc) is 2.95. The Morgan fingerprint density at radius 3 is 2.70 bits per heavy atom. The monoisotopic (exact) mass is 327 g/mol. The number of carbonyl (C=O) groups is 1. The molecule has 0 aliphatic heterocycles. The number of nitrogens with one attached hydrogen (secondary N) is 1. The highest BCUT2D eigenvalue weighted by molar-refractivity contribution is 5.92. The molecule has 0 aliphatic carbocycles. The van der Waals surface area contributed by atoms with Gasteiger partial charge in [0.1, 0.15) is 12.3 Å². The number of amides is 1. The topological polar surface area (TPSA) is 56.1 Å². The number of benzene rings is 1. The standard InChI is InChI=1S/C15H16F3N3O2/c1-2-9-23-12-6-4-3-5-11(12)19-14(22)10-21-8-7-13(20-21)15(16,17)18/h3-8H,2,9-10H2,1H3,(H,19,22). The zero-order valence-corrected chi connectivity index (χ0v) is 12.4. The van der Waals surface area contributed by atoms with E-state index in [1.165, 1.54) is 0 Å². The van der Waals surface area contributed by atoms with Crippen LogP contribution < -0.4 is 10.1 Å². The number of alkyl halides is 3. The van der Waals surface area contributed by atoms with Crippen molar-refractivity contribution < 1.29 is 22.7 Å². The van der Waals surface area contributed by atoms with Crippen LogP contribution in [-0.4, -0.2) is 22.3 Å². The molecule has 1 aromatic carbocycles. The van der Waals surface area contributed by atoms with Crippen LogP contribution in [0.2, 0.25) is 0 Å². The van der Waals surface area contributed by atoms with Crippen molar-refractivity contribution in [2.24, 2.45) is 0 Å². The second kappa shape index (κ2) is 7.17. The highest BCUT2D eigenvalue weighted by atomic mass is 19.4. The lowest BCUT2D eigenvalue weighted by Gasteiger charge is -2.12. The summed E-state index contributed by atoms with van der Waals surface area (Å²) in [5.74, 6) is 0.0218. The van der Waals surface area contributed by atoms with Crippen LogP contribution in [0.15, 0.2) is 36.5 Å². The minimum absolute atomic E-state index is 0.321. The summed E-state index contributed by atoms with van der Waals surface area (Å²) < 4.78 is 43.8. The highest BCUT2D eigenvalue weighted by Gasteiger charge is 2.33. The molecule has 0 aliphatic rings. The Bertz CT molecular complexity index is 668. The van der Waals surface area contributed by atoms with Gasteiger partial charge in [-0.2, -0.15) is 18.3 Å². The van der Waals surface area contributed by atoms with Gasteiger partial charge in [-0.1, -0.05) is 19.1 Å². The Morgan fingerprint density at radius 1 is 1.30 bits per heavy atom. The van der Waals surface area contributed by atoms with Gasteiger partial charge in [0.25, 0.3) is 0 Å². The predicted octanol–water partition coefficient (Wildman–Crippen LogP) is 3.33. The maximum atomic E-state index is 12.5. The Kier molecular flexibility index (Phi) is 5.25. The molecule has 2 aromatic rings. The lowest BCUT2D eigenvalue weighted by molar-refractivity contribution is -0.141. The van der Waals surface area contributed by atoms with E-state index in [0.29, 0.717) is 18.0 Å². The second-order valence-corrected chi connectivity index (χ2v) is 4.79. The highest BCUT2D eigenvalue weighted by Crippen LogP contribution is 2.27. The van der Waals surface area contributed by atoms with Gasteiger partial charge in [0.05, 0.1) is 12.3 Å². The molecule has 1 heterocycles. The van der Waals surface area contributed by atoms with Crippen molar-refractivity contribution in [1.82, 2.24) is 9.78 Å². The number of para-hydroxylation sites is 2. The molecule has 0 radical (unpaired) electrons. The number of rotatable bonds is 6. The van der Waals surface area contributed by atoms with Crippen LogP contribution >= 0.6 is 0 Å². The van der Waals surface area contributed by atoms with E-state index in [0.717, 1.165) is 23.4 Å². The van der Waals surface area contributed by atoms with E-state index >= 15 is 0 Å². The number of halogens is 3. The van der Waals surface area contributed by atoms with Gasteiger partial charge in [-0.05, 0) is 24.6 Å². The molecule has 5 nitrogen and oxygen atoms in total. The van der Waals surface area contributed by atoms with Crippen LogP contribution in [0.4, 0.5) is 18.9 Å². The molecule has 2 rings (SSSR count). The number of ether oxygens (including phenoxy) is 1. The molecule has 0 atom stereocenters. The first kappa shape index (κ1) is 16.9. The van der Waals surface area contributed by atoms with Gasteiger partial charge in [-0.3, -0.25) is 9.48 Å². The lowest BCUT2D eigenvalue weighted by atomic mass is 10.3. The van der Waals surface area contributed by atoms with Crippen LogP contribution in [0.3, 0.4) is 0 Å². The number of hydrogen-bond donors (Lipinski definition) is 1. The Hall–Kier alpha value is -2.51. The van der Waals surface area contributed by atoms with Gasteiger partial charge < -0.3 is 10.1 Å². The molecule has 1 amide bonds. The van der Waals surface area contributed by atoms with Crippen molar-refractivity contribution in [1.29, 1.82) is 0 Å². The van der Waals surface area contributed by atoms with Gasteiger partial charge in [-0.15, -0.1) is 0 Å². The van der Waals surface area contributed by atoms with Crippen LogP contribution in [0.5, 0.6) is 5.75 Å². The molecule has 0 saturated heterocycles. The normalized spacial score (nSPS) is 11.3. The van der Waals surface area contributed by atoms with Crippen molar-refractivity contribution >= 4 is 11.6 Å². The molecule has 1 aromatic heterocycles. The number of anilines is 1. The molecule has 1 N–H and O–H groups in total. The van der Waals surface area contributed by atoms with Gasteiger partial charge in [0.15, 0.2) is 5.69 Å². The third-order valence-electron chi connectivity index (χ3n) is 2.86. The minimum Gasteiger partial charge on any atom is -0.491 e. The van der Waals surface area contributed by atoms with Crippen LogP contribution in [0.25, 0.3) is 0 Å². The van der Waals surface area contributed by atoms with Crippen molar-refractivity contribution in [3.05, 3.63) is 42.2 Å². The van der Waals surface area contributed by atoms with Crippen LogP contribution in [0.1, 0.15) is 19.0 Å². The quantitative estimate of drug-likeness (QED) is 0.885. The summed E-state index contributed by atoms with van der Waals surface area (Å²) in [5.41, 5.74) is -0.564. The molecule has 0 fully saturated rings. The fraction of sp³-hybridized carbons (Fsp3) is 0.333. The van der Waals surface area contributed by atoms with Crippen LogP contribution in [-0.2, 0) is 17.5 Å². The summed E-state index contributed by atoms with van der Waals surface area (Å²) in [4.78, 5) is 12.0. The minimum atomic E-state index is -4.53. The number of aromatic nitrogens is 2. The van der Waals surface area contributed by atoms with E-state index in [-0.39, 0.29) is 6.54 Å². The van der Waals surface area contributed by atoms with E-state index in [1.807, 2.05) is 6.92 Å². The largest absolute Gasteiger partial charge is 0.491 e. The predicted molar refractivity (Wildman–Crippen MR) is 78.1 cm³/mol. The second-order valence-electron chi connectivity index (χ2n) is 4.79. The first-order valence-electron chi connectivity index (χ1n) is 7.02. The fourth-order valence-corrected chi connectivity index (χ4v) is 1.85. The summed E-state index contributed by atoms with van der Waals surface area (Å²) in [5, 5.41) is 5.94. The van der Waals surface area contributed by atoms with Gasteiger partial charge in [-0.25, -0.2) is 0 Å². The first-order valence-corrected chi connectivity index (χ1v) is 7.02. The molecule has 124 valence electrons. The SMILES string of the molecule is CCCOc1ccccc1NC(=O)Cn1ccc(C(F)(F)F)n1. The molecule has 0 saturated carbocycles. The Balaban J connectivity index is 2.01. The van der Waals surface area contributed by atoms with Crippen LogP contribution in [0, 0.1) is 0 Å². The summed E-state index contributed by atoms with van der Waals surface area (Å²) in [6.07, 6.45) is -2.60. The smallest absolute Gasteiger partial charge is 0.435 e. The van der Waals surface area contributed by atoms with E-state index < -0.39 is 17.8 Å². The van der Waals surface area contributed by atoms with Crippen molar-refractivity contribution in [3.8, 4) is 5.75 Å². The lowest BCUT2D eigenvalue weighted by Crippen LogP contribution is -2.20. The van der Waals surface area contributed by atoms with Gasteiger partial charge in [0, 0.05) is 6.20 Å². The maximum absolute atomic E-state index is 12.5. The molecule has 0 unspecified atom stereocenters. The number of nitrogens with zero attached hydrogens (tertiary/aromatic N) is 2. The van der Waals surface area contributed by atoms with E-state index in [2.05, 4.69) is 10.4 Å². The third kappa shape index (κ3) is 4.73. The zero-order chi connectivity index (χ0) is 16.9. The Morgan fingerprint density at radius 2 is 2.04 bits per heavy atom. The average molecular weight is 327 g/mol. The molecule has 8 heteroatoms. The summed E-state index contributed by atoms with van der Waals surface area (Å²) in [6.45, 7) is 2.14. The Labute approximate surface area is 131 Å². The summed E-state index contributed by atoms with van der Waals surface area (Å²) in [6, 6.07) is 7.69. The van der Waals surface area contributed by atoms with Gasteiger partial charge >= 0.3 is 6.18 Å². The fourth-order valence-electron chi connectivity index (χ4n) is 1.85. The van der Waals surface area contributed by atoms with E-state index in [4.69, 9.17) is 4.74 Å². The van der Waals surface area contributed by atoms with Crippen molar-refractivity contribution in [2.75, 3.05) is 11.9 Å². The van der Waals surface area contributed by atoms with Crippen molar-refractivity contribution in [2.45, 2.75) is 26.1 Å². The number of hydrogen-bond acceptors (Lipinski definition) is 3. The molecule has 0 bridgehead atoms. The third-order valence-corrected chi connectivity index (χ3v) is 2.86. The molecule has 0 spiro atoms. The van der Waals surface area contributed by atoms with Gasteiger partial charge in [0.2, 0.25) is 5.91 Å². The maximum Gasteiger partial charge on any atom is 0.435 e. The molecule has 23 heavy (non-hydrogen) atoms. The first-order chi connectivity index (χ1) is 10.9. The molecular weight excluding hydrogens is 311 g/mol. The van der Waals surface area contributed by atoms with E-state index in [9.17, 15) is 18.0 Å². The molecular formula is C15H16F3N3O2. The zero-order valence-electron chi connectivity index (χ0n) is 12.4. The summed E-state index contributed by atoms with van der Waals surface area (Å²) >= 11 is 0. The van der Waals surface area contributed by atoms with E-state index in [1.54, 1.807) is 24.3 Å².